The van der Waals surface area contributed by atoms with Gasteiger partial charge in [-0.05, 0) is 18.9 Å². The van der Waals surface area contributed by atoms with Crippen molar-refractivity contribution < 1.29 is 18.1 Å². The van der Waals surface area contributed by atoms with Gasteiger partial charge in [0.05, 0.1) is 17.6 Å². The molecule has 0 aromatic heterocycles. The van der Waals surface area contributed by atoms with E-state index in [9.17, 15) is 18.5 Å². The summed E-state index contributed by atoms with van der Waals surface area (Å²) in [5, 5.41) is 24.0. The first-order valence-electron chi connectivity index (χ1n) is 5.67. The summed E-state index contributed by atoms with van der Waals surface area (Å²) < 4.78 is 28.0. The molecule has 0 radical (unpaired) electrons. The fraction of sp³-hybridized carbons (Fsp3) is 0.364. The Balaban J connectivity index is 2.91. The van der Waals surface area contributed by atoms with Gasteiger partial charge in [0.15, 0.2) is 0 Å². The number of rotatable bonds is 7. The van der Waals surface area contributed by atoms with E-state index in [4.69, 9.17) is 15.1 Å². The number of hydrogen-bond donors (Lipinski definition) is 1. The fourth-order valence-corrected chi connectivity index (χ4v) is 2.13. The van der Waals surface area contributed by atoms with Crippen LogP contribution < -0.4 is 9.88 Å². The van der Waals surface area contributed by atoms with Crippen LogP contribution >= 0.6 is 0 Å². The minimum atomic E-state index is -4.12. The van der Waals surface area contributed by atoms with Crippen molar-refractivity contribution in [3.63, 3.8) is 0 Å². The zero-order valence-corrected chi connectivity index (χ0v) is 11.3. The first-order chi connectivity index (χ1) is 9.36. The molecule has 20 heavy (non-hydrogen) atoms. The largest absolute Gasteiger partial charge is 0.492 e. The van der Waals surface area contributed by atoms with Crippen LogP contribution in [0.5, 0.6) is 5.75 Å². The van der Waals surface area contributed by atoms with Gasteiger partial charge in [0.2, 0.25) is 10.0 Å². The maximum Gasteiger partial charge on any atom is 0.271 e. The fourth-order valence-electron chi connectivity index (χ4n) is 1.44. The summed E-state index contributed by atoms with van der Waals surface area (Å²) in [7, 11) is -4.12. The summed E-state index contributed by atoms with van der Waals surface area (Å²) in [5.74, 6) is -0.0324. The Hall–Kier alpha value is -2.18. The van der Waals surface area contributed by atoms with E-state index in [2.05, 4.69) is 0 Å². The van der Waals surface area contributed by atoms with Gasteiger partial charge in [-0.2, -0.15) is 5.26 Å². The molecule has 0 saturated heterocycles. The van der Waals surface area contributed by atoms with Crippen LogP contribution in [0, 0.1) is 21.4 Å². The van der Waals surface area contributed by atoms with E-state index in [0.29, 0.717) is 19.3 Å². The van der Waals surface area contributed by atoms with Gasteiger partial charge in [0, 0.05) is 18.6 Å². The van der Waals surface area contributed by atoms with E-state index in [1.165, 1.54) is 6.07 Å². The quantitative estimate of drug-likeness (QED) is 0.458. The Bertz CT molecular complexity index is 636. The minimum absolute atomic E-state index is 0.0324. The Morgan fingerprint density at radius 1 is 1.40 bits per heavy atom. The molecule has 0 amide bonds. The van der Waals surface area contributed by atoms with Gasteiger partial charge in [-0.1, -0.05) is 0 Å². The number of sulfonamides is 1. The maximum absolute atomic E-state index is 11.4. The van der Waals surface area contributed by atoms with Crippen LogP contribution in [0.4, 0.5) is 5.69 Å². The first kappa shape index (κ1) is 15.9. The molecule has 0 unspecified atom stereocenters. The molecule has 9 heteroatoms. The lowest BCUT2D eigenvalue weighted by Gasteiger charge is -2.09. The van der Waals surface area contributed by atoms with Crippen molar-refractivity contribution in [1.29, 1.82) is 5.26 Å². The summed E-state index contributed by atoms with van der Waals surface area (Å²) in [6.45, 7) is 0.196. The summed E-state index contributed by atoms with van der Waals surface area (Å²) in [6, 6.07) is 5.17. The van der Waals surface area contributed by atoms with E-state index in [0.717, 1.165) is 12.1 Å². The van der Waals surface area contributed by atoms with Crippen molar-refractivity contribution >= 4 is 15.7 Å². The molecule has 108 valence electrons. The second-order valence-corrected chi connectivity index (χ2v) is 5.43. The van der Waals surface area contributed by atoms with E-state index in [-0.39, 0.29) is 18.0 Å². The van der Waals surface area contributed by atoms with Crippen LogP contribution in [-0.2, 0) is 10.0 Å². The van der Waals surface area contributed by atoms with E-state index < -0.39 is 19.8 Å². The van der Waals surface area contributed by atoms with Gasteiger partial charge < -0.3 is 4.74 Å². The Morgan fingerprint density at radius 2 is 2.10 bits per heavy atom. The van der Waals surface area contributed by atoms with Crippen molar-refractivity contribution in [2.75, 3.05) is 6.61 Å². The van der Waals surface area contributed by atoms with Crippen LogP contribution in [0.3, 0.4) is 0 Å². The number of unbranched alkanes of at least 4 members (excludes halogenated alkanes) is 2. The Labute approximate surface area is 116 Å². The number of hydrogen-bond acceptors (Lipinski definition) is 6. The number of nitrogens with zero attached hydrogens (tertiary/aromatic N) is 2. The molecule has 0 aliphatic rings. The first-order valence-corrected chi connectivity index (χ1v) is 7.22. The lowest BCUT2D eigenvalue weighted by Crippen LogP contribution is -2.14. The average Bonchev–Trinajstić information content (AvgIpc) is 2.37. The molecule has 0 bridgehead atoms. The molecule has 1 aromatic rings. The van der Waals surface area contributed by atoms with Gasteiger partial charge >= 0.3 is 0 Å². The van der Waals surface area contributed by atoms with Gasteiger partial charge in [-0.3, -0.25) is 10.1 Å². The second kappa shape index (κ2) is 6.83. The third kappa shape index (κ3) is 4.49. The molecule has 0 heterocycles. The maximum atomic E-state index is 11.4. The molecular formula is C11H13N3O5S. The zero-order valence-electron chi connectivity index (χ0n) is 10.5. The highest BCUT2D eigenvalue weighted by Crippen LogP contribution is 2.27. The van der Waals surface area contributed by atoms with Crippen LogP contribution in [0.1, 0.15) is 19.3 Å². The number of nitriles is 1. The van der Waals surface area contributed by atoms with E-state index in [1.807, 2.05) is 6.07 Å². The number of benzene rings is 1. The highest BCUT2D eigenvalue weighted by Gasteiger charge is 2.19. The summed E-state index contributed by atoms with van der Waals surface area (Å²) in [5.41, 5.74) is -0.383. The number of primary sulfonamides is 1. The predicted molar refractivity (Wildman–Crippen MR) is 69.4 cm³/mol. The summed E-state index contributed by atoms with van der Waals surface area (Å²) >= 11 is 0. The lowest BCUT2D eigenvalue weighted by atomic mass is 10.2. The van der Waals surface area contributed by atoms with Gasteiger partial charge in [-0.15, -0.1) is 0 Å². The van der Waals surface area contributed by atoms with Crippen molar-refractivity contribution in [3.8, 4) is 11.8 Å². The molecular weight excluding hydrogens is 286 g/mol. The molecule has 0 spiro atoms. The monoisotopic (exact) mass is 299 g/mol. The molecule has 0 aliphatic carbocycles. The molecule has 0 saturated carbocycles. The van der Waals surface area contributed by atoms with Crippen molar-refractivity contribution in [3.05, 3.63) is 28.3 Å². The highest BCUT2D eigenvalue weighted by atomic mass is 32.2. The van der Waals surface area contributed by atoms with Crippen LogP contribution in [0.25, 0.3) is 0 Å². The Kier molecular flexibility index (Phi) is 5.42. The summed E-state index contributed by atoms with van der Waals surface area (Å²) in [4.78, 5) is 9.48. The van der Waals surface area contributed by atoms with E-state index >= 15 is 0 Å². The van der Waals surface area contributed by atoms with Crippen molar-refractivity contribution in [2.24, 2.45) is 5.14 Å². The molecule has 1 aromatic carbocycles. The minimum Gasteiger partial charge on any atom is -0.492 e. The number of nitro groups is 1. The summed E-state index contributed by atoms with van der Waals surface area (Å²) in [6.07, 6.45) is 1.56. The molecule has 1 rings (SSSR count). The van der Waals surface area contributed by atoms with Crippen LogP contribution in [0.15, 0.2) is 23.1 Å². The zero-order chi connectivity index (χ0) is 15.2. The second-order valence-electron chi connectivity index (χ2n) is 3.90. The molecule has 8 nitrogen and oxygen atoms in total. The number of non-ortho nitro benzene ring substituents is 1. The van der Waals surface area contributed by atoms with Gasteiger partial charge in [0.1, 0.15) is 10.6 Å². The molecule has 2 N–H and O–H groups in total. The molecule has 0 aliphatic heterocycles. The third-order valence-corrected chi connectivity index (χ3v) is 3.32. The lowest BCUT2D eigenvalue weighted by molar-refractivity contribution is -0.385. The normalized spacial score (nSPS) is 10.8. The SMILES string of the molecule is N#CCCCCOc1ccc([N+](=O)[O-])cc1S(N)(=O)=O. The van der Waals surface area contributed by atoms with Crippen LogP contribution in [0.2, 0.25) is 0 Å². The third-order valence-electron chi connectivity index (χ3n) is 2.39. The van der Waals surface area contributed by atoms with Crippen molar-refractivity contribution in [1.82, 2.24) is 0 Å². The number of nitro benzene ring substituents is 1. The van der Waals surface area contributed by atoms with E-state index in [1.54, 1.807) is 0 Å². The molecule has 0 fully saturated rings. The number of ether oxygens (including phenoxy) is 1. The van der Waals surface area contributed by atoms with Gasteiger partial charge in [-0.25, -0.2) is 13.6 Å². The Morgan fingerprint density at radius 3 is 2.65 bits per heavy atom. The smallest absolute Gasteiger partial charge is 0.271 e. The number of nitrogens with two attached hydrogens (primary N) is 1. The highest BCUT2D eigenvalue weighted by molar-refractivity contribution is 7.89. The van der Waals surface area contributed by atoms with Gasteiger partial charge in [0.25, 0.3) is 5.69 Å². The van der Waals surface area contributed by atoms with Crippen LogP contribution in [-0.4, -0.2) is 19.9 Å². The average molecular weight is 299 g/mol. The van der Waals surface area contributed by atoms with Crippen molar-refractivity contribution in [2.45, 2.75) is 24.2 Å². The topological polar surface area (TPSA) is 136 Å². The molecule has 0 atom stereocenters. The standard InChI is InChI=1S/C11H13N3O5S/c12-6-2-1-3-7-19-10-5-4-9(14(15)16)8-11(10)20(13,17)18/h4-5,8H,1-3,7H2,(H2,13,17,18). The predicted octanol–water partition coefficient (Wildman–Crippen LogP) is 1.31.